The number of para-hydroxylation sites is 2. The van der Waals surface area contributed by atoms with Crippen LogP contribution in [0.25, 0.3) is 16.6 Å². The number of aromatic nitrogens is 4. The summed E-state index contributed by atoms with van der Waals surface area (Å²) in [6.07, 6.45) is 1.43. The maximum atomic E-state index is 12.5. The van der Waals surface area contributed by atoms with Crippen LogP contribution >= 0.6 is 0 Å². The van der Waals surface area contributed by atoms with Gasteiger partial charge < -0.3 is 4.74 Å². The molecule has 0 radical (unpaired) electrons. The van der Waals surface area contributed by atoms with Gasteiger partial charge in [0.15, 0.2) is 0 Å². The lowest BCUT2D eigenvalue weighted by atomic mass is 10.2. The second kappa shape index (κ2) is 8.63. The summed E-state index contributed by atoms with van der Waals surface area (Å²) in [5, 5.41) is 14.4. The molecule has 4 rings (SSSR count). The van der Waals surface area contributed by atoms with Crippen molar-refractivity contribution in [2.24, 2.45) is 0 Å². The highest BCUT2D eigenvalue weighted by Crippen LogP contribution is 2.19. The zero-order chi connectivity index (χ0) is 21.8. The number of carbonyl (C=O) groups is 1. The van der Waals surface area contributed by atoms with E-state index >= 15 is 0 Å². The number of nitrogens with zero attached hydrogens (tertiary/aromatic N) is 5. The molecule has 0 bridgehead atoms. The number of nitriles is 1. The molecule has 8 nitrogen and oxygen atoms in total. The Bertz CT molecular complexity index is 1350. The fourth-order valence-corrected chi connectivity index (χ4v) is 3.33. The zero-order valence-electron chi connectivity index (χ0n) is 16.9. The molecule has 0 saturated carbocycles. The highest BCUT2D eigenvalue weighted by molar-refractivity contribution is 5.77. The Morgan fingerprint density at radius 3 is 2.65 bits per heavy atom. The first-order valence-electron chi connectivity index (χ1n) is 9.72. The molecule has 31 heavy (non-hydrogen) atoms. The summed E-state index contributed by atoms with van der Waals surface area (Å²) in [5.74, 6) is -0.484. The van der Waals surface area contributed by atoms with E-state index in [1.807, 2.05) is 36.4 Å². The van der Waals surface area contributed by atoms with Crippen LogP contribution in [-0.4, -0.2) is 25.3 Å². The normalized spacial score (nSPS) is 10.7. The number of hydrogen-bond acceptors (Lipinski definition) is 6. The summed E-state index contributed by atoms with van der Waals surface area (Å²) in [5.41, 5.74) is 2.62. The van der Waals surface area contributed by atoms with Crippen molar-refractivity contribution >= 4 is 16.9 Å². The van der Waals surface area contributed by atoms with Gasteiger partial charge in [0.1, 0.15) is 18.2 Å². The number of benzene rings is 2. The van der Waals surface area contributed by atoms with E-state index in [0.29, 0.717) is 27.9 Å². The Kier molecular flexibility index (Phi) is 5.58. The third kappa shape index (κ3) is 4.07. The van der Waals surface area contributed by atoms with Crippen LogP contribution in [0, 0.1) is 18.3 Å². The maximum absolute atomic E-state index is 12.5. The second-order valence-electron chi connectivity index (χ2n) is 6.94. The van der Waals surface area contributed by atoms with Gasteiger partial charge in [0.25, 0.3) is 5.56 Å². The molecule has 0 fully saturated rings. The zero-order valence-corrected chi connectivity index (χ0v) is 16.9. The highest BCUT2D eigenvalue weighted by atomic mass is 16.5. The Hall–Kier alpha value is -4.25. The van der Waals surface area contributed by atoms with Crippen molar-refractivity contribution in [1.82, 2.24) is 19.3 Å². The van der Waals surface area contributed by atoms with E-state index in [0.717, 1.165) is 5.69 Å². The van der Waals surface area contributed by atoms with Crippen LogP contribution in [0.5, 0.6) is 0 Å². The van der Waals surface area contributed by atoms with Gasteiger partial charge in [-0.05, 0) is 31.2 Å². The van der Waals surface area contributed by atoms with E-state index in [2.05, 4.69) is 16.2 Å². The van der Waals surface area contributed by atoms with Crippen molar-refractivity contribution in [3.8, 4) is 11.8 Å². The van der Waals surface area contributed by atoms with Gasteiger partial charge >= 0.3 is 5.97 Å². The van der Waals surface area contributed by atoms with Gasteiger partial charge in [-0.3, -0.25) is 14.2 Å². The molecule has 0 saturated heterocycles. The molecule has 0 unspecified atom stereocenters. The number of carbonyl (C=O) groups excluding carboxylic acids is 1. The fourth-order valence-electron chi connectivity index (χ4n) is 3.33. The van der Waals surface area contributed by atoms with E-state index in [4.69, 9.17) is 4.74 Å². The number of esters is 1. The lowest BCUT2D eigenvalue weighted by molar-refractivity contribution is -0.145. The lowest BCUT2D eigenvalue weighted by Gasteiger charge is -2.10. The standard InChI is InChI=1S/C23H19N5O3/c1-16-19(13-24)21(28(26-16)17-7-3-2-4-8-17)14-31-22(29)11-12-27-15-25-20-10-6-5-9-18(20)23(27)30/h2-10,15H,11-12,14H2,1H3. The molecule has 154 valence electrons. The number of rotatable bonds is 6. The monoisotopic (exact) mass is 413 g/mol. The quantitative estimate of drug-likeness (QED) is 0.450. The lowest BCUT2D eigenvalue weighted by Crippen LogP contribution is -2.22. The smallest absolute Gasteiger partial charge is 0.307 e. The predicted molar refractivity (Wildman–Crippen MR) is 113 cm³/mol. The SMILES string of the molecule is Cc1nn(-c2ccccc2)c(COC(=O)CCn2cnc3ccccc3c2=O)c1C#N. The van der Waals surface area contributed by atoms with Crippen molar-refractivity contribution in [2.45, 2.75) is 26.5 Å². The number of hydrogen-bond donors (Lipinski definition) is 0. The molecule has 0 N–H and O–H groups in total. The first kappa shape index (κ1) is 20.0. The van der Waals surface area contributed by atoms with Crippen molar-refractivity contribution in [1.29, 1.82) is 5.26 Å². The summed E-state index contributed by atoms with van der Waals surface area (Å²) in [6, 6.07) is 18.5. The van der Waals surface area contributed by atoms with Gasteiger partial charge in [0.2, 0.25) is 0 Å². The van der Waals surface area contributed by atoms with Gasteiger partial charge in [0, 0.05) is 6.54 Å². The number of ether oxygens (including phenoxy) is 1. The van der Waals surface area contributed by atoms with Crippen LogP contribution in [0.1, 0.15) is 23.4 Å². The van der Waals surface area contributed by atoms with Gasteiger partial charge in [0.05, 0.1) is 40.7 Å². The molecule has 2 aromatic heterocycles. The minimum absolute atomic E-state index is 0.000268. The van der Waals surface area contributed by atoms with Crippen molar-refractivity contribution in [2.75, 3.05) is 0 Å². The molecule has 0 amide bonds. The molecule has 0 aliphatic carbocycles. The van der Waals surface area contributed by atoms with Crippen LogP contribution in [-0.2, 0) is 22.7 Å². The van der Waals surface area contributed by atoms with E-state index in [1.54, 1.807) is 29.8 Å². The Morgan fingerprint density at radius 1 is 1.13 bits per heavy atom. The fraction of sp³-hybridized carbons (Fsp3) is 0.174. The average Bonchev–Trinajstić information content (AvgIpc) is 3.13. The third-order valence-electron chi connectivity index (χ3n) is 4.93. The minimum Gasteiger partial charge on any atom is -0.459 e. The predicted octanol–water partition coefficient (Wildman–Crippen LogP) is 2.90. The van der Waals surface area contributed by atoms with Crippen LogP contribution in [0.4, 0.5) is 0 Å². The third-order valence-corrected chi connectivity index (χ3v) is 4.93. The maximum Gasteiger partial charge on any atom is 0.307 e. The van der Waals surface area contributed by atoms with Crippen molar-refractivity contribution in [3.05, 3.63) is 88.2 Å². The van der Waals surface area contributed by atoms with Crippen LogP contribution in [0.2, 0.25) is 0 Å². The number of fused-ring (bicyclic) bond motifs is 1. The molecule has 0 spiro atoms. The average molecular weight is 413 g/mol. The van der Waals surface area contributed by atoms with Crippen molar-refractivity contribution < 1.29 is 9.53 Å². The topological polar surface area (TPSA) is 103 Å². The summed E-state index contributed by atoms with van der Waals surface area (Å²) in [6.45, 7) is 1.79. The number of aryl methyl sites for hydroxylation is 2. The first-order valence-corrected chi connectivity index (χ1v) is 9.72. The highest BCUT2D eigenvalue weighted by Gasteiger charge is 2.18. The molecule has 0 aliphatic heterocycles. The summed E-state index contributed by atoms with van der Waals surface area (Å²) in [4.78, 5) is 29.1. The van der Waals surface area contributed by atoms with Crippen LogP contribution < -0.4 is 5.56 Å². The molecule has 2 aromatic carbocycles. The van der Waals surface area contributed by atoms with Crippen LogP contribution in [0.3, 0.4) is 0 Å². The molecule has 8 heteroatoms. The van der Waals surface area contributed by atoms with E-state index < -0.39 is 5.97 Å². The molecule has 2 heterocycles. The van der Waals surface area contributed by atoms with E-state index in [-0.39, 0.29) is 25.1 Å². The Labute approximate surface area is 178 Å². The van der Waals surface area contributed by atoms with Crippen molar-refractivity contribution in [3.63, 3.8) is 0 Å². The Balaban J connectivity index is 1.47. The van der Waals surface area contributed by atoms with Gasteiger partial charge in [-0.1, -0.05) is 30.3 Å². The molecular weight excluding hydrogens is 394 g/mol. The summed E-state index contributed by atoms with van der Waals surface area (Å²) < 4.78 is 8.41. The van der Waals surface area contributed by atoms with Crippen LogP contribution in [0.15, 0.2) is 65.7 Å². The Morgan fingerprint density at radius 2 is 1.87 bits per heavy atom. The molecule has 4 aromatic rings. The molecule has 0 aliphatic rings. The second-order valence-corrected chi connectivity index (χ2v) is 6.94. The minimum atomic E-state index is -0.484. The van der Waals surface area contributed by atoms with Gasteiger partial charge in [-0.25, -0.2) is 9.67 Å². The summed E-state index contributed by atoms with van der Waals surface area (Å²) in [7, 11) is 0. The van der Waals surface area contributed by atoms with E-state index in [9.17, 15) is 14.9 Å². The molecule has 0 atom stereocenters. The molecular formula is C23H19N5O3. The first-order chi connectivity index (χ1) is 15.1. The van der Waals surface area contributed by atoms with E-state index in [1.165, 1.54) is 10.9 Å². The summed E-state index contributed by atoms with van der Waals surface area (Å²) >= 11 is 0. The largest absolute Gasteiger partial charge is 0.459 e. The van der Waals surface area contributed by atoms with Gasteiger partial charge in [-0.15, -0.1) is 0 Å². The van der Waals surface area contributed by atoms with Gasteiger partial charge in [-0.2, -0.15) is 10.4 Å².